The van der Waals surface area contributed by atoms with Gasteiger partial charge in [-0.2, -0.15) is 10.4 Å². The van der Waals surface area contributed by atoms with Crippen LogP contribution >= 0.6 is 0 Å². The van der Waals surface area contributed by atoms with Gasteiger partial charge >= 0.3 is 0 Å². The lowest BCUT2D eigenvalue weighted by Gasteiger charge is -2.14. The summed E-state index contributed by atoms with van der Waals surface area (Å²) in [5.41, 5.74) is 0.605. The van der Waals surface area contributed by atoms with Crippen molar-refractivity contribution in [2.45, 2.75) is 19.5 Å². The number of hydrogen-bond acceptors (Lipinski definition) is 4. The smallest absolute Gasteiger partial charge is 0.127 e. The maximum atomic E-state index is 8.78. The number of pyridine rings is 1. The molecule has 0 aliphatic rings. The Morgan fingerprint density at radius 2 is 2.41 bits per heavy atom. The third-order valence-corrected chi connectivity index (χ3v) is 2.30. The fraction of sp³-hybridized carbons (Fsp3) is 0.250. The van der Waals surface area contributed by atoms with Crippen LogP contribution in [0.15, 0.2) is 36.8 Å². The molecule has 0 amide bonds. The molecule has 1 unspecified atom stereocenters. The van der Waals surface area contributed by atoms with Crippen molar-refractivity contribution in [2.75, 3.05) is 5.32 Å². The van der Waals surface area contributed by atoms with E-state index in [-0.39, 0.29) is 6.04 Å². The molecule has 1 N–H and O–H groups in total. The molecule has 2 rings (SSSR count). The van der Waals surface area contributed by atoms with Crippen molar-refractivity contribution in [1.82, 2.24) is 14.8 Å². The number of rotatable bonds is 4. The second-order valence-electron chi connectivity index (χ2n) is 3.82. The number of nitrogens with zero attached hydrogens (tertiary/aromatic N) is 4. The molecule has 0 aliphatic heterocycles. The minimum Gasteiger partial charge on any atom is -0.366 e. The third-order valence-electron chi connectivity index (χ3n) is 2.30. The van der Waals surface area contributed by atoms with E-state index in [1.807, 2.05) is 23.9 Å². The first kappa shape index (κ1) is 11.1. The van der Waals surface area contributed by atoms with Gasteiger partial charge in [0.1, 0.15) is 5.82 Å². The van der Waals surface area contributed by atoms with E-state index in [2.05, 4.69) is 21.5 Å². The molecule has 0 bridgehead atoms. The van der Waals surface area contributed by atoms with E-state index in [0.717, 1.165) is 6.54 Å². The molecule has 1 atom stereocenters. The summed E-state index contributed by atoms with van der Waals surface area (Å²) in [6, 6.07) is 7.59. The standard InChI is InChI=1S/C12H13N5/c1-10(9-17-6-2-4-15-17)16-12-7-11(8-13)3-5-14-12/h2-7,10H,9H2,1H3,(H,14,16). The summed E-state index contributed by atoms with van der Waals surface area (Å²) >= 11 is 0. The van der Waals surface area contributed by atoms with E-state index in [1.54, 1.807) is 24.5 Å². The van der Waals surface area contributed by atoms with Gasteiger partial charge in [0, 0.05) is 24.6 Å². The molecule has 0 fully saturated rings. The first-order valence-electron chi connectivity index (χ1n) is 5.38. The average Bonchev–Trinajstić information content (AvgIpc) is 2.82. The first-order chi connectivity index (χ1) is 8.28. The van der Waals surface area contributed by atoms with Crippen LogP contribution in [0.2, 0.25) is 0 Å². The van der Waals surface area contributed by atoms with Crippen molar-refractivity contribution in [3.05, 3.63) is 42.4 Å². The summed E-state index contributed by atoms with van der Waals surface area (Å²) in [6.45, 7) is 2.80. The van der Waals surface area contributed by atoms with Gasteiger partial charge in [0.2, 0.25) is 0 Å². The zero-order valence-corrected chi connectivity index (χ0v) is 9.54. The molecular formula is C12H13N5. The van der Waals surface area contributed by atoms with Crippen LogP contribution in [0.5, 0.6) is 0 Å². The van der Waals surface area contributed by atoms with Gasteiger partial charge < -0.3 is 5.32 Å². The fourth-order valence-corrected chi connectivity index (χ4v) is 1.57. The summed E-state index contributed by atoms with van der Waals surface area (Å²) < 4.78 is 1.85. The van der Waals surface area contributed by atoms with Crippen molar-refractivity contribution in [3.8, 4) is 6.07 Å². The quantitative estimate of drug-likeness (QED) is 0.862. The zero-order chi connectivity index (χ0) is 12.1. The summed E-state index contributed by atoms with van der Waals surface area (Å²) in [6.07, 6.45) is 5.29. The molecular weight excluding hydrogens is 214 g/mol. The van der Waals surface area contributed by atoms with Crippen LogP contribution in [0, 0.1) is 11.3 Å². The van der Waals surface area contributed by atoms with E-state index >= 15 is 0 Å². The van der Waals surface area contributed by atoms with Crippen molar-refractivity contribution in [2.24, 2.45) is 0 Å². The van der Waals surface area contributed by atoms with Crippen LogP contribution in [0.1, 0.15) is 12.5 Å². The molecule has 0 saturated carbocycles. The molecule has 5 heteroatoms. The highest BCUT2D eigenvalue weighted by atomic mass is 15.3. The van der Waals surface area contributed by atoms with Crippen LogP contribution < -0.4 is 5.32 Å². The second kappa shape index (κ2) is 5.12. The molecule has 2 aromatic rings. The predicted octanol–water partition coefficient (Wildman–Crippen LogP) is 1.65. The van der Waals surface area contributed by atoms with Gasteiger partial charge in [0.05, 0.1) is 18.2 Å². The summed E-state index contributed by atoms with van der Waals surface area (Å²) in [5.74, 6) is 0.712. The van der Waals surface area contributed by atoms with Crippen LogP contribution in [0.3, 0.4) is 0 Å². The monoisotopic (exact) mass is 227 g/mol. The van der Waals surface area contributed by atoms with Gasteiger partial charge in [-0.3, -0.25) is 4.68 Å². The Kier molecular flexibility index (Phi) is 3.36. The number of aromatic nitrogens is 3. The maximum absolute atomic E-state index is 8.78. The molecule has 0 aromatic carbocycles. The SMILES string of the molecule is CC(Cn1cccn1)Nc1cc(C#N)ccn1. The minimum atomic E-state index is 0.191. The topological polar surface area (TPSA) is 66.5 Å². The molecule has 5 nitrogen and oxygen atoms in total. The molecule has 0 radical (unpaired) electrons. The highest BCUT2D eigenvalue weighted by molar-refractivity contribution is 5.42. The van der Waals surface area contributed by atoms with Crippen molar-refractivity contribution >= 4 is 5.82 Å². The molecule has 0 saturated heterocycles. The van der Waals surface area contributed by atoms with E-state index in [4.69, 9.17) is 5.26 Å². The van der Waals surface area contributed by atoms with E-state index in [0.29, 0.717) is 11.4 Å². The van der Waals surface area contributed by atoms with Gasteiger partial charge in [-0.25, -0.2) is 4.98 Å². The number of anilines is 1. The minimum absolute atomic E-state index is 0.191. The van der Waals surface area contributed by atoms with Gasteiger partial charge in [-0.1, -0.05) is 0 Å². The van der Waals surface area contributed by atoms with Gasteiger partial charge in [0.25, 0.3) is 0 Å². The molecule has 2 heterocycles. The molecule has 2 aromatic heterocycles. The lowest BCUT2D eigenvalue weighted by molar-refractivity contribution is 0.560. The van der Waals surface area contributed by atoms with Gasteiger partial charge in [-0.05, 0) is 25.1 Å². The highest BCUT2D eigenvalue weighted by Gasteiger charge is 2.04. The highest BCUT2D eigenvalue weighted by Crippen LogP contribution is 2.07. The molecule has 0 spiro atoms. The molecule has 17 heavy (non-hydrogen) atoms. The lowest BCUT2D eigenvalue weighted by atomic mass is 10.2. The summed E-state index contributed by atoms with van der Waals surface area (Å²) in [5, 5.41) is 16.2. The van der Waals surface area contributed by atoms with E-state index < -0.39 is 0 Å². The van der Waals surface area contributed by atoms with Crippen LogP contribution in [0.25, 0.3) is 0 Å². The Morgan fingerprint density at radius 3 is 3.12 bits per heavy atom. The molecule has 0 aliphatic carbocycles. The van der Waals surface area contributed by atoms with E-state index in [9.17, 15) is 0 Å². The lowest BCUT2D eigenvalue weighted by Crippen LogP contribution is -2.22. The number of nitriles is 1. The maximum Gasteiger partial charge on any atom is 0.127 e. The normalized spacial score (nSPS) is 11.8. The third kappa shape index (κ3) is 3.05. The van der Waals surface area contributed by atoms with Crippen LogP contribution in [-0.4, -0.2) is 20.8 Å². The fourth-order valence-electron chi connectivity index (χ4n) is 1.57. The Hall–Kier alpha value is -2.35. The summed E-state index contributed by atoms with van der Waals surface area (Å²) in [7, 11) is 0. The Morgan fingerprint density at radius 1 is 1.53 bits per heavy atom. The second-order valence-corrected chi connectivity index (χ2v) is 3.82. The van der Waals surface area contributed by atoms with Crippen LogP contribution in [-0.2, 0) is 6.54 Å². The average molecular weight is 227 g/mol. The van der Waals surface area contributed by atoms with E-state index in [1.165, 1.54) is 0 Å². The van der Waals surface area contributed by atoms with Gasteiger partial charge in [0.15, 0.2) is 0 Å². The van der Waals surface area contributed by atoms with Crippen molar-refractivity contribution in [3.63, 3.8) is 0 Å². The summed E-state index contributed by atoms with van der Waals surface area (Å²) in [4.78, 5) is 4.16. The van der Waals surface area contributed by atoms with Crippen LogP contribution in [0.4, 0.5) is 5.82 Å². The van der Waals surface area contributed by atoms with Crippen molar-refractivity contribution in [1.29, 1.82) is 5.26 Å². The number of hydrogen-bond donors (Lipinski definition) is 1. The predicted molar refractivity (Wildman–Crippen MR) is 64.3 cm³/mol. The number of nitrogens with one attached hydrogen (secondary N) is 1. The van der Waals surface area contributed by atoms with Gasteiger partial charge in [-0.15, -0.1) is 0 Å². The Labute approximate surface area is 99.7 Å². The first-order valence-corrected chi connectivity index (χ1v) is 5.38. The largest absolute Gasteiger partial charge is 0.366 e. The zero-order valence-electron chi connectivity index (χ0n) is 9.54. The van der Waals surface area contributed by atoms with Crippen molar-refractivity contribution < 1.29 is 0 Å². The molecule has 86 valence electrons. The Balaban J connectivity index is 1.98. The Bertz CT molecular complexity index is 512.